The lowest BCUT2D eigenvalue weighted by Crippen LogP contribution is -2.53. The van der Waals surface area contributed by atoms with Crippen molar-refractivity contribution in [2.24, 2.45) is 13.0 Å². The summed E-state index contributed by atoms with van der Waals surface area (Å²) in [6.45, 7) is -0.356. The molecule has 3 aliphatic rings. The number of aryl methyl sites for hydroxylation is 2. The van der Waals surface area contributed by atoms with E-state index >= 15 is 9.59 Å². The fourth-order valence-electron chi connectivity index (χ4n) is 9.73. The zero-order valence-electron chi connectivity index (χ0n) is 35.6. The lowest BCUT2D eigenvalue weighted by Gasteiger charge is -2.49. The Bertz CT molecular complexity index is 3100. The highest BCUT2D eigenvalue weighted by molar-refractivity contribution is 6.36. The molecule has 0 spiro atoms. The molecule has 2 amide bonds. The predicted molar refractivity (Wildman–Crippen MR) is 240 cm³/mol. The molecule has 1 saturated carbocycles. The van der Waals surface area contributed by atoms with Gasteiger partial charge in [-0.1, -0.05) is 53.5 Å². The van der Waals surface area contributed by atoms with Crippen molar-refractivity contribution >= 4 is 51.7 Å². The molecule has 0 bridgehead atoms. The fourth-order valence-corrected chi connectivity index (χ4v) is 10.2. The van der Waals surface area contributed by atoms with E-state index in [2.05, 4.69) is 10.4 Å². The first kappa shape index (κ1) is 43.4. The van der Waals surface area contributed by atoms with E-state index < -0.39 is 52.0 Å². The largest absolute Gasteiger partial charge is 0.497 e. The van der Waals surface area contributed by atoms with Crippen LogP contribution in [0.25, 0.3) is 11.0 Å². The van der Waals surface area contributed by atoms with Gasteiger partial charge in [0.2, 0.25) is 0 Å². The predicted octanol–water partition coefficient (Wildman–Crippen LogP) is 4.62. The number of hydrogen-bond donors (Lipinski definition) is 2. The number of carbonyl (C=O) groups is 2. The van der Waals surface area contributed by atoms with Crippen molar-refractivity contribution < 1.29 is 33.6 Å². The molecule has 2 fully saturated rings. The molecule has 4 aromatic carbocycles. The first-order valence-corrected chi connectivity index (χ1v) is 21.4. The van der Waals surface area contributed by atoms with Gasteiger partial charge in [0.05, 0.1) is 73.6 Å². The highest BCUT2D eigenvalue weighted by Gasteiger charge is 2.68. The molecule has 19 heteroatoms. The molecule has 17 nitrogen and oxygen atoms in total. The first-order valence-electron chi connectivity index (χ1n) is 20.7. The summed E-state index contributed by atoms with van der Waals surface area (Å²) in [5.74, 6) is -1.29. The van der Waals surface area contributed by atoms with Gasteiger partial charge in [0.15, 0.2) is 11.5 Å². The van der Waals surface area contributed by atoms with Crippen molar-refractivity contribution in [3.05, 3.63) is 149 Å². The number of aliphatic hydroxyl groups excluding tert-OH is 1. The molecule has 4 unspecified atom stereocenters. The van der Waals surface area contributed by atoms with Gasteiger partial charge >= 0.3 is 11.4 Å². The summed E-state index contributed by atoms with van der Waals surface area (Å²) in [5.41, 5.74) is 2.83. The third-order valence-corrected chi connectivity index (χ3v) is 13.3. The number of benzene rings is 4. The van der Waals surface area contributed by atoms with E-state index in [0.717, 1.165) is 9.58 Å². The normalized spacial score (nSPS) is 20.0. The van der Waals surface area contributed by atoms with Crippen LogP contribution >= 0.6 is 23.2 Å². The highest BCUT2D eigenvalue weighted by atomic mass is 35.5. The van der Waals surface area contributed by atoms with Crippen LogP contribution in [0.1, 0.15) is 35.2 Å². The van der Waals surface area contributed by atoms with Gasteiger partial charge in [-0.3, -0.25) is 19.8 Å². The summed E-state index contributed by atoms with van der Waals surface area (Å²) in [6.07, 6.45) is 1.74. The number of aliphatic hydroxyl groups is 1. The Balaban J connectivity index is 1.17. The monoisotopic (exact) mass is 923 g/mol. The lowest BCUT2D eigenvalue weighted by atomic mass is 9.53. The molecular formula is C46H43Cl2N7O10. The summed E-state index contributed by atoms with van der Waals surface area (Å²) < 4.78 is 27.3. The third kappa shape index (κ3) is 6.96. The van der Waals surface area contributed by atoms with E-state index in [9.17, 15) is 19.5 Å². The Morgan fingerprint density at radius 2 is 1.57 bits per heavy atom. The van der Waals surface area contributed by atoms with Gasteiger partial charge in [0, 0.05) is 43.1 Å². The molecule has 9 rings (SSSR count). The number of hydrogen-bond acceptors (Lipinski definition) is 12. The maximum atomic E-state index is 15.6. The quantitative estimate of drug-likeness (QED) is 0.121. The zero-order valence-corrected chi connectivity index (χ0v) is 37.1. The average Bonchev–Trinajstić information content (AvgIpc) is 3.69. The van der Waals surface area contributed by atoms with Gasteiger partial charge in [-0.05, 0) is 65.6 Å². The second kappa shape index (κ2) is 17.0. The third-order valence-electron chi connectivity index (χ3n) is 12.7. The first-order chi connectivity index (χ1) is 31.3. The number of allylic oxidation sites excluding steroid dienone is 2. The topological polar surface area (TPSA) is 190 Å². The summed E-state index contributed by atoms with van der Waals surface area (Å²) in [7, 11) is 6.11. The molecule has 2 aromatic heterocycles. The van der Waals surface area contributed by atoms with E-state index in [1.165, 1.54) is 41.3 Å². The molecule has 2 N–H and O–H groups in total. The Hall–Kier alpha value is -6.82. The number of hydrazine groups is 1. The summed E-state index contributed by atoms with van der Waals surface area (Å²) in [5, 5.41) is 10.9. The Morgan fingerprint density at radius 1 is 0.862 bits per heavy atom. The van der Waals surface area contributed by atoms with Crippen molar-refractivity contribution in [3.63, 3.8) is 0 Å². The second-order valence-electron chi connectivity index (χ2n) is 15.9. The van der Waals surface area contributed by atoms with Gasteiger partial charge in [-0.25, -0.2) is 28.5 Å². The van der Waals surface area contributed by atoms with Crippen LogP contribution in [0.3, 0.4) is 0 Å². The van der Waals surface area contributed by atoms with Crippen molar-refractivity contribution in [1.82, 2.24) is 28.5 Å². The maximum absolute atomic E-state index is 15.6. The molecule has 4 atom stereocenters. The number of rotatable bonds is 13. The van der Waals surface area contributed by atoms with Crippen molar-refractivity contribution in [3.8, 4) is 23.0 Å². The molecule has 1 saturated heterocycles. The number of halogens is 2. The number of nitrogens with zero attached hydrogens (tertiary/aromatic N) is 6. The smallest absolute Gasteiger partial charge is 0.347 e. The molecule has 1 aliphatic carbocycles. The average molecular weight is 925 g/mol. The number of imide groups is 1. The van der Waals surface area contributed by atoms with Crippen LogP contribution in [-0.4, -0.2) is 80.0 Å². The number of carbonyl (C=O) groups excluding carboxylic acids is 2. The molecule has 336 valence electrons. The number of nitrogens with one attached hydrogen (secondary N) is 1. The van der Waals surface area contributed by atoms with Gasteiger partial charge in [-0.15, -0.1) is 0 Å². The van der Waals surface area contributed by atoms with Crippen LogP contribution in [0.2, 0.25) is 10.0 Å². The van der Waals surface area contributed by atoms with E-state index in [1.807, 2.05) is 6.08 Å². The Kier molecular flexibility index (Phi) is 11.3. The minimum atomic E-state index is -1.60. The molecular weight excluding hydrogens is 881 g/mol. The van der Waals surface area contributed by atoms with Gasteiger partial charge in [0.25, 0.3) is 17.4 Å². The van der Waals surface area contributed by atoms with E-state index in [-0.39, 0.29) is 55.5 Å². The molecule has 4 heterocycles. The standard InChI is InChI=1S/C46H43Cl2N7O10/c1-51-37-24-39(64-4)38(63-3)23-35(37)49-34(42(51)58)16-17-52-44(60)53-18-15-30-36(55(53)45(52)61)22-31-41(57)54(50-33-14-9-27(47)21-32(33)48)43(59)46(31,26-7-12-28(62-2)13-8-26)40(30)25-5-10-29(11-6-25)65-20-19-56/h5-15,21,23-24,31,36,40,50,56H,16-20,22H2,1-4H3. The van der Waals surface area contributed by atoms with Crippen LogP contribution in [0.5, 0.6) is 23.0 Å². The fraction of sp³-hybridized carbons (Fsp3) is 0.304. The van der Waals surface area contributed by atoms with Crippen molar-refractivity contribution in [1.29, 1.82) is 0 Å². The van der Waals surface area contributed by atoms with Gasteiger partial charge in [-0.2, -0.15) is 5.01 Å². The Labute approximate surface area is 380 Å². The molecule has 2 aliphatic heterocycles. The van der Waals surface area contributed by atoms with Crippen LogP contribution < -0.4 is 41.3 Å². The van der Waals surface area contributed by atoms with Crippen LogP contribution in [0.15, 0.2) is 105 Å². The van der Waals surface area contributed by atoms with Gasteiger partial charge in [0.1, 0.15) is 23.8 Å². The second-order valence-corrected chi connectivity index (χ2v) is 16.8. The molecule has 65 heavy (non-hydrogen) atoms. The zero-order chi connectivity index (χ0) is 45.9. The lowest BCUT2D eigenvalue weighted by molar-refractivity contribution is -0.138. The maximum Gasteiger partial charge on any atom is 0.347 e. The number of methoxy groups -OCH3 is 3. The summed E-state index contributed by atoms with van der Waals surface area (Å²) in [6, 6.07) is 21.1. The van der Waals surface area contributed by atoms with E-state index in [4.69, 9.17) is 42.1 Å². The minimum absolute atomic E-state index is 0.0352. The number of anilines is 1. The number of fused-ring (bicyclic) bond motifs is 5. The van der Waals surface area contributed by atoms with Crippen molar-refractivity contribution in [2.75, 3.05) is 40.0 Å². The summed E-state index contributed by atoms with van der Waals surface area (Å²) >= 11 is 12.8. The van der Waals surface area contributed by atoms with E-state index in [0.29, 0.717) is 55.8 Å². The van der Waals surface area contributed by atoms with Gasteiger partial charge < -0.3 is 28.6 Å². The van der Waals surface area contributed by atoms with Crippen molar-refractivity contribution in [2.45, 2.75) is 43.3 Å². The molecule has 0 radical (unpaired) electrons. The highest BCUT2D eigenvalue weighted by Crippen LogP contribution is 2.62. The van der Waals surface area contributed by atoms with Crippen LogP contribution in [0, 0.1) is 5.92 Å². The number of amides is 2. The van der Waals surface area contributed by atoms with Crippen LogP contribution in [-0.2, 0) is 41.6 Å². The number of ether oxygens (including phenoxy) is 4. The van der Waals surface area contributed by atoms with E-state index in [1.54, 1.807) is 79.8 Å². The Morgan fingerprint density at radius 3 is 2.25 bits per heavy atom. The molecule has 6 aromatic rings. The number of aromatic nitrogens is 5. The van der Waals surface area contributed by atoms with Crippen LogP contribution in [0.4, 0.5) is 5.69 Å². The minimum Gasteiger partial charge on any atom is -0.497 e. The summed E-state index contributed by atoms with van der Waals surface area (Å²) in [4.78, 5) is 77.9. The SMILES string of the molecule is COc1ccc(C23C(=O)N(Nc4ccc(Cl)cc4Cl)C(=O)C2CC2C(=CCn4c(=O)n(CCc5nc6cc(OC)c(OC)cc6n(C)c5=O)c(=O)n42)C3c2ccc(OCCO)cc2)cc1.